The Labute approximate surface area is 125 Å². The van der Waals surface area contributed by atoms with Crippen molar-refractivity contribution in [2.75, 3.05) is 17.3 Å². The molecule has 1 atom stereocenters. The quantitative estimate of drug-likeness (QED) is 0.207. The van der Waals surface area contributed by atoms with E-state index in [-0.39, 0.29) is 35.3 Å². The predicted molar refractivity (Wildman–Crippen MR) is 59.7 cm³/mol. The molecule has 0 aromatic rings. The van der Waals surface area contributed by atoms with Gasteiger partial charge in [-0.3, -0.25) is 4.79 Å². The van der Waals surface area contributed by atoms with Gasteiger partial charge >= 0.3 is 35.5 Å². The molecule has 0 aliphatic rings. The number of nitrogens with two attached hydrogens (primary N) is 1. The van der Waals surface area contributed by atoms with E-state index in [1.54, 1.807) is 0 Å². The summed E-state index contributed by atoms with van der Waals surface area (Å²) in [6, 6.07) is -0.888. The molecular formula is C6H12NNaO5S3. The van der Waals surface area contributed by atoms with Crippen LogP contribution in [0.4, 0.5) is 0 Å². The minimum atomic E-state index is -4.14. The molecule has 0 heterocycles. The van der Waals surface area contributed by atoms with Crippen LogP contribution < -0.4 is 35.3 Å². The summed E-state index contributed by atoms with van der Waals surface area (Å²) < 4.78 is 30.6. The molecule has 0 fully saturated rings. The zero-order chi connectivity index (χ0) is 11.9. The minimum Gasteiger partial charge on any atom is -0.748 e. The number of aliphatic carboxylic acids is 1. The summed E-state index contributed by atoms with van der Waals surface area (Å²) in [4.78, 5) is 10.3. The molecule has 6 nitrogen and oxygen atoms in total. The zero-order valence-electron chi connectivity index (χ0n) is 8.79. The molecule has 0 rings (SSSR count). The van der Waals surface area contributed by atoms with E-state index in [0.29, 0.717) is 12.2 Å². The number of carboxylic acid groups (broad SMARTS) is 1. The number of carboxylic acids is 1. The number of rotatable bonds is 8. The number of carbonyl (C=O) groups is 1. The molecule has 90 valence electrons. The van der Waals surface area contributed by atoms with E-state index in [0.717, 1.165) is 0 Å². The van der Waals surface area contributed by atoms with E-state index in [9.17, 15) is 17.8 Å². The first-order valence-corrected chi connectivity index (χ1v) is 8.06. The van der Waals surface area contributed by atoms with Crippen LogP contribution in [0.5, 0.6) is 0 Å². The molecule has 0 spiro atoms. The van der Waals surface area contributed by atoms with Crippen LogP contribution in [0.1, 0.15) is 6.42 Å². The Hall–Kier alpha value is 1.04. The fourth-order valence-corrected chi connectivity index (χ4v) is 3.84. The van der Waals surface area contributed by atoms with Crippen LogP contribution in [0.3, 0.4) is 0 Å². The van der Waals surface area contributed by atoms with Gasteiger partial charge < -0.3 is 15.4 Å². The Morgan fingerprint density at radius 3 is 2.31 bits per heavy atom. The molecule has 16 heavy (non-hydrogen) atoms. The molecule has 0 amide bonds. The number of hydrogen-bond acceptors (Lipinski definition) is 7. The maximum absolute atomic E-state index is 10.3. The summed E-state index contributed by atoms with van der Waals surface area (Å²) in [6.45, 7) is 0. The number of hydrogen-bond donors (Lipinski definition) is 2. The van der Waals surface area contributed by atoms with Crippen molar-refractivity contribution in [3.8, 4) is 0 Å². The van der Waals surface area contributed by atoms with E-state index in [1.165, 1.54) is 21.6 Å². The minimum absolute atomic E-state index is 0. The second kappa shape index (κ2) is 10.0. The molecule has 1 unspecified atom stereocenters. The molecule has 0 saturated carbocycles. The van der Waals surface area contributed by atoms with Crippen molar-refractivity contribution in [1.82, 2.24) is 0 Å². The fraction of sp³-hybridized carbons (Fsp3) is 0.833. The summed E-state index contributed by atoms with van der Waals surface area (Å²) in [6.07, 6.45) is 0.317. The third-order valence-electron chi connectivity index (χ3n) is 1.33. The van der Waals surface area contributed by atoms with E-state index in [2.05, 4.69) is 0 Å². The van der Waals surface area contributed by atoms with Crippen molar-refractivity contribution in [3.05, 3.63) is 0 Å². The van der Waals surface area contributed by atoms with Crippen LogP contribution in [0.15, 0.2) is 0 Å². The smallest absolute Gasteiger partial charge is 0.748 e. The average molecular weight is 297 g/mol. The van der Waals surface area contributed by atoms with Crippen LogP contribution in [0.25, 0.3) is 0 Å². The largest absolute Gasteiger partial charge is 1.00 e. The molecule has 0 saturated heterocycles. The van der Waals surface area contributed by atoms with Crippen molar-refractivity contribution < 1.29 is 52.4 Å². The van der Waals surface area contributed by atoms with Crippen molar-refractivity contribution in [2.24, 2.45) is 5.73 Å². The van der Waals surface area contributed by atoms with Gasteiger partial charge in [-0.05, 0) is 6.42 Å². The maximum Gasteiger partial charge on any atom is 1.00 e. The second-order valence-electron chi connectivity index (χ2n) is 2.64. The Kier molecular flexibility index (Phi) is 12.1. The SMILES string of the molecule is NC(CCSSCCS(=O)(=O)[O-])C(=O)O.[Na+]. The third kappa shape index (κ3) is 13.1. The molecule has 0 bridgehead atoms. The Bertz CT molecular complexity index is 297. The van der Waals surface area contributed by atoms with Crippen LogP contribution in [0, 0.1) is 0 Å². The van der Waals surface area contributed by atoms with Gasteiger partial charge in [-0.15, -0.1) is 0 Å². The predicted octanol–water partition coefficient (Wildman–Crippen LogP) is -3.28. The van der Waals surface area contributed by atoms with Crippen LogP contribution in [-0.2, 0) is 14.9 Å². The summed E-state index contributed by atoms with van der Waals surface area (Å²) in [5, 5.41) is 8.43. The van der Waals surface area contributed by atoms with Gasteiger partial charge in [0.2, 0.25) is 0 Å². The van der Waals surface area contributed by atoms with Gasteiger partial charge in [-0.25, -0.2) is 8.42 Å². The Morgan fingerprint density at radius 1 is 1.38 bits per heavy atom. The Balaban J connectivity index is 0. The summed E-state index contributed by atoms with van der Waals surface area (Å²) >= 11 is 0. The van der Waals surface area contributed by atoms with Gasteiger partial charge in [0.25, 0.3) is 0 Å². The fourth-order valence-electron chi connectivity index (χ4n) is 0.552. The molecule has 3 N–H and O–H groups in total. The van der Waals surface area contributed by atoms with E-state index < -0.39 is 27.9 Å². The first-order valence-electron chi connectivity index (χ1n) is 3.99. The van der Waals surface area contributed by atoms with Gasteiger partial charge in [0.1, 0.15) is 6.04 Å². The van der Waals surface area contributed by atoms with Crippen molar-refractivity contribution in [3.63, 3.8) is 0 Å². The first kappa shape index (κ1) is 19.4. The van der Waals surface area contributed by atoms with Crippen LogP contribution >= 0.6 is 21.6 Å². The van der Waals surface area contributed by atoms with Crippen LogP contribution in [-0.4, -0.2) is 47.3 Å². The molecule has 0 radical (unpaired) electrons. The maximum atomic E-state index is 10.3. The van der Waals surface area contributed by atoms with Crippen LogP contribution in [0.2, 0.25) is 0 Å². The summed E-state index contributed by atoms with van der Waals surface area (Å²) in [5.74, 6) is -0.742. The van der Waals surface area contributed by atoms with Gasteiger partial charge in [0, 0.05) is 17.3 Å². The van der Waals surface area contributed by atoms with E-state index in [4.69, 9.17) is 10.8 Å². The first-order chi connectivity index (χ1) is 6.83. The second-order valence-corrected chi connectivity index (χ2v) is 6.86. The monoisotopic (exact) mass is 297 g/mol. The summed E-state index contributed by atoms with van der Waals surface area (Å²) in [5.41, 5.74) is 5.23. The normalized spacial score (nSPS) is 12.9. The van der Waals surface area contributed by atoms with Gasteiger partial charge in [-0.1, -0.05) is 21.6 Å². The van der Waals surface area contributed by atoms with Crippen molar-refractivity contribution in [1.29, 1.82) is 0 Å². The van der Waals surface area contributed by atoms with Gasteiger partial charge in [-0.2, -0.15) is 0 Å². The van der Waals surface area contributed by atoms with E-state index >= 15 is 0 Å². The van der Waals surface area contributed by atoms with Gasteiger partial charge in [0.15, 0.2) is 0 Å². The molecule has 0 aromatic carbocycles. The topological polar surface area (TPSA) is 121 Å². The molecule has 0 aliphatic heterocycles. The average Bonchev–Trinajstić information content (AvgIpc) is 2.08. The standard InChI is InChI=1S/C6H13NO5S3.Na/c7-5(6(8)9)1-2-13-14-3-4-15(10,11)12;/h5H,1-4,7H2,(H,8,9)(H,10,11,12);/q;+1/p-1. The molecule has 10 heteroatoms. The van der Waals surface area contributed by atoms with Crippen molar-refractivity contribution >= 4 is 37.7 Å². The molecule has 0 aromatic heterocycles. The molecule has 0 aliphatic carbocycles. The van der Waals surface area contributed by atoms with Gasteiger partial charge in [0.05, 0.1) is 10.1 Å². The zero-order valence-corrected chi connectivity index (χ0v) is 13.2. The van der Waals surface area contributed by atoms with E-state index in [1.807, 2.05) is 0 Å². The summed E-state index contributed by atoms with van der Waals surface area (Å²) in [7, 11) is -1.61. The Morgan fingerprint density at radius 2 is 1.88 bits per heavy atom. The molecular weight excluding hydrogens is 285 g/mol. The van der Waals surface area contributed by atoms with Crippen molar-refractivity contribution in [2.45, 2.75) is 12.5 Å². The third-order valence-corrected chi connectivity index (χ3v) is 4.73.